The van der Waals surface area contributed by atoms with E-state index in [-0.39, 0.29) is 36.2 Å². The number of piperidine rings is 1. The predicted octanol–water partition coefficient (Wildman–Crippen LogP) is 2.33. The first kappa shape index (κ1) is 20.2. The molecule has 7 nitrogen and oxygen atoms in total. The first-order chi connectivity index (χ1) is 13.5. The van der Waals surface area contributed by atoms with E-state index in [1.165, 1.54) is 0 Å². The highest BCUT2D eigenvalue weighted by atomic mass is 16.5. The number of nitrogens with zero attached hydrogens (tertiary/aromatic N) is 2. The van der Waals surface area contributed by atoms with Crippen molar-refractivity contribution in [3.63, 3.8) is 0 Å². The fourth-order valence-corrected chi connectivity index (χ4v) is 4.02. The zero-order chi connectivity index (χ0) is 20.1. The number of amides is 3. The van der Waals surface area contributed by atoms with E-state index < -0.39 is 6.09 Å². The molecule has 0 bridgehead atoms. The maximum absolute atomic E-state index is 12.9. The molecule has 2 heterocycles. The van der Waals surface area contributed by atoms with Crippen molar-refractivity contribution in [1.29, 1.82) is 0 Å². The van der Waals surface area contributed by atoms with Crippen molar-refractivity contribution in [3.05, 3.63) is 35.9 Å². The maximum Gasteiger partial charge on any atom is 0.407 e. The summed E-state index contributed by atoms with van der Waals surface area (Å²) in [6, 6.07) is 9.89. The van der Waals surface area contributed by atoms with Crippen molar-refractivity contribution in [2.75, 3.05) is 26.2 Å². The topological polar surface area (TPSA) is 79.0 Å². The largest absolute Gasteiger partial charge is 0.450 e. The van der Waals surface area contributed by atoms with Gasteiger partial charge in [-0.1, -0.05) is 30.3 Å². The molecule has 2 atom stereocenters. The number of carbonyl (C=O) groups is 3. The van der Waals surface area contributed by atoms with Crippen LogP contribution in [0.15, 0.2) is 30.3 Å². The van der Waals surface area contributed by atoms with Gasteiger partial charge in [-0.2, -0.15) is 0 Å². The number of likely N-dealkylation sites (tertiary alicyclic amines) is 2. The first-order valence-electron chi connectivity index (χ1n) is 10.1. The molecule has 28 heavy (non-hydrogen) atoms. The Balaban J connectivity index is 1.52. The molecule has 0 spiro atoms. The van der Waals surface area contributed by atoms with Crippen LogP contribution in [0.25, 0.3) is 0 Å². The zero-order valence-electron chi connectivity index (χ0n) is 16.6. The fraction of sp³-hybridized carbons (Fsp3) is 0.571. The first-order valence-corrected chi connectivity index (χ1v) is 10.1. The monoisotopic (exact) mass is 387 g/mol. The van der Waals surface area contributed by atoms with Crippen LogP contribution in [0.3, 0.4) is 0 Å². The molecule has 0 saturated carbocycles. The Morgan fingerprint density at radius 2 is 1.89 bits per heavy atom. The van der Waals surface area contributed by atoms with E-state index in [1.807, 2.05) is 47.1 Å². The molecule has 2 aliphatic heterocycles. The van der Waals surface area contributed by atoms with Gasteiger partial charge in [-0.15, -0.1) is 0 Å². The Hall–Kier alpha value is -2.57. The van der Waals surface area contributed by atoms with Crippen LogP contribution >= 0.6 is 0 Å². The standard InChI is InChI=1S/C21H29N3O4/c1-3-28-21(27)22-18-9-11-23(12-10-18)20(26)17-13-19(25)24(14-17)15(2)16-7-5-4-6-8-16/h4-8,15,17-18H,3,9-14H2,1-2H3,(H,22,27). The zero-order valence-corrected chi connectivity index (χ0v) is 16.6. The van der Waals surface area contributed by atoms with Crippen molar-refractivity contribution in [2.24, 2.45) is 5.92 Å². The van der Waals surface area contributed by atoms with E-state index in [0.29, 0.717) is 39.1 Å². The van der Waals surface area contributed by atoms with Crippen LogP contribution < -0.4 is 5.32 Å². The Kier molecular flexibility index (Phi) is 6.54. The fourth-order valence-electron chi connectivity index (χ4n) is 4.02. The average molecular weight is 387 g/mol. The quantitative estimate of drug-likeness (QED) is 0.841. The number of alkyl carbamates (subject to hydrolysis) is 1. The van der Waals surface area contributed by atoms with Gasteiger partial charge in [-0.25, -0.2) is 4.79 Å². The van der Waals surface area contributed by atoms with E-state index in [9.17, 15) is 14.4 Å². The number of carbonyl (C=O) groups excluding carboxylic acids is 3. The third-order valence-electron chi connectivity index (χ3n) is 5.66. The highest BCUT2D eigenvalue weighted by molar-refractivity contribution is 5.89. The van der Waals surface area contributed by atoms with Crippen LogP contribution in [-0.2, 0) is 14.3 Å². The van der Waals surface area contributed by atoms with Gasteiger partial charge in [0.2, 0.25) is 11.8 Å². The molecule has 152 valence electrons. The van der Waals surface area contributed by atoms with Crippen molar-refractivity contribution < 1.29 is 19.1 Å². The third-order valence-corrected chi connectivity index (χ3v) is 5.66. The van der Waals surface area contributed by atoms with Gasteiger partial charge in [0.25, 0.3) is 0 Å². The molecule has 0 aliphatic carbocycles. The van der Waals surface area contributed by atoms with Crippen molar-refractivity contribution in [1.82, 2.24) is 15.1 Å². The number of nitrogens with one attached hydrogen (secondary N) is 1. The Morgan fingerprint density at radius 1 is 1.21 bits per heavy atom. The van der Waals surface area contributed by atoms with Gasteiger partial charge in [0.05, 0.1) is 18.6 Å². The average Bonchev–Trinajstić information content (AvgIpc) is 3.10. The molecule has 2 unspecified atom stereocenters. The summed E-state index contributed by atoms with van der Waals surface area (Å²) in [5.41, 5.74) is 1.08. The van der Waals surface area contributed by atoms with E-state index in [2.05, 4.69) is 5.32 Å². The molecule has 1 N–H and O–H groups in total. The summed E-state index contributed by atoms with van der Waals surface area (Å²) >= 11 is 0. The lowest BCUT2D eigenvalue weighted by molar-refractivity contribution is -0.136. The van der Waals surface area contributed by atoms with Gasteiger partial charge < -0.3 is 19.9 Å². The molecule has 1 aromatic carbocycles. The van der Waals surface area contributed by atoms with Crippen LogP contribution in [0, 0.1) is 5.92 Å². The van der Waals surface area contributed by atoms with Crippen LogP contribution in [0.1, 0.15) is 44.7 Å². The van der Waals surface area contributed by atoms with E-state index in [0.717, 1.165) is 5.56 Å². The number of hydrogen-bond donors (Lipinski definition) is 1. The highest BCUT2D eigenvalue weighted by Gasteiger charge is 2.39. The molecule has 2 saturated heterocycles. The third kappa shape index (κ3) is 4.64. The lowest BCUT2D eigenvalue weighted by Crippen LogP contribution is -2.48. The number of hydrogen-bond acceptors (Lipinski definition) is 4. The molecule has 2 aliphatic rings. The minimum atomic E-state index is -0.404. The summed E-state index contributed by atoms with van der Waals surface area (Å²) in [5, 5.41) is 2.83. The van der Waals surface area contributed by atoms with Crippen molar-refractivity contribution >= 4 is 17.9 Å². The van der Waals surface area contributed by atoms with E-state index in [4.69, 9.17) is 4.74 Å². The van der Waals surface area contributed by atoms with Crippen molar-refractivity contribution in [3.8, 4) is 0 Å². The second-order valence-corrected chi connectivity index (χ2v) is 7.50. The Morgan fingerprint density at radius 3 is 2.54 bits per heavy atom. The van der Waals surface area contributed by atoms with Gasteiger partial charge in [-0.05, 0) is 32.3 Å². The summed E-state index contributed by atoms with van der Waals surface area (Å²) in [4.78, 5) is 40.6. The maximum atomic E-state index is 12.9. The van der Waals surface area contributed by atoms with Crippen LogP contribution in [0.4, 0.5) is 4.79 Å². The normalized spacial score (nSPS) is 21.5. The van der Waals surface area contributed by atoms with Gasteiger partial charge in [0.1, 0.15) is 0 Å². The summed E-state index contributed by atoms with van der Waals surface area (Å²) in [5.74, 6) is -0.201. The summed E-state index contributed by atoms with van der Waals surface area (Å²) < 4.78 is 4.91. The van der Waals surface area contributed by atoms with Crippen LogP contribution in [-0.4, -0.2) is 60.0 Å². The molecule has 3 amide bonds. The van der Waals surface area contributed by atoms with E-state index >= 15 is 0 Å². The smallest absolute Gasteiger partial charge is 0.407 e. The highest BCUT2D eigenvalue weighted by Crippen LogP contribution is 2.30. The summed E-state index contributed by atoms with van der Waals surface area (Å²) in [6.45, 7) is 5.77. The van der Waals surface area contributed by atoms with Crippen LogP contribution in [0.5, 0.6) is 0 Å². The SMILES string of the molecule is CCOC(=O)NC1CCN(C(=O)C2CC(=O)N(C(C)c3ccccc3)C2)CC1. The lowest BCUT2D eigenvalue weighted by Gasteiger charge is -2.33. The van der Waals surface area contributed by atoms with Gasteiger partial charge in [0, 0.05) is 32.1 Å². The Bertz CT molecular complexity index is 701. The molecule has 3 rings (SSSR count). The summed E-state index contributed by atoms with van der Waals surface area (Å²) in [6.07, 6.45) is 1.28. The second kappa shape index (κ2) is 9.08. The van der Waals surface area contributed by atoms with Gasteiger partial charge in [0.15, 0.2) is 0 Å². The van der Waals surface area contributed by atoms with Crippen molar-refractivity contribution in [2.45, 2.75) is 45.2 Å². The minimum absolute atomic E-state index is 0.0305. The molecule has 0 aromatic heterocycles. The molecule has 0 radical (unpaired) electrons. The van der Waals surface area contributed by atoms with Crippen LogP contribution in [0.2, 0.25) is 0 Å². The number of ether oxygens (including phenoxy) is 1. The van der Waals surface area contributed by atoms with Gasteiger partial charge in [-0.3, -0.25) is 9.59 Å². The Labute approximate surface area is 166 Å². The van der Waals surface area contributed by atoms with Gasteiger partial charge >= 0.3 is 6.09 Å². The predicted molar refractivity (Wildman–Crippen MR) is 104 cm³/mol. The summed E-state index contributed by atoms with van der Waals surface area (Å²) in [7, 11) is 0. The van der Waals surface area contributed by atoms with E-state index in [1.54, 1.807) is 6.92 Å². The second-order valence-electron chi connectivity index (χ2n) is 7.50. The molecular weight excluding hydrogens is 358 g/mol. The molecule has 7 heteroatoms. The molecule has 2 fully saturated rings. The minimum Gasteiger partial charge on any atom is -0.450 e. The molecule has 1 aromatic rings. The lowest BCUT2D eigenvalue weighted by atomic mass is 10.0. The molecular formula is C21H29N3O4. The number of benzene rings is 1. The number of rotatable bonds is 5.